The number of furan rings is 1. The molecule has 26 heavy (non-hydrogen) atoms. The molecule has 0 saturated heterocycles. The molecule has 0 fully saturated rings. The molecule has 1 amide bonds. The monoisotopic (exact) mass is 400 g/mol. The molecule has 3 aromatic rings. The molecule has 136 valence electrons. The number of amides is 1. The molecule has 0 spiro atoms. The molecule has 0 aliphatic rings. The Hall–Kier alpha value is -2.32. The summed E-state index contributed by atoms with van der Waals surface area (Å²) in [5.74, 6) is 0.873. The highest BCUT2D eigenvalue weighted by Gasteiger charge is 2.33. The van der Waals surface area contributed by atoms with E-state index in [1.165, 1.54) is 17.4 Å². The lowest BCUT2D eigenvalue weighted by atomic mass is 10.2. The zero-order valence-corrected chi connectivity index (χ0v) is 14.9. The van der Waals surface area contributed by atoms with E-state index in [1.807, 2.05) is 13.0 Å². The van der Waals surface area contributed by atoms with Crippen molar-refractivity contribution in [1.82, 2.24) is 4.98 Å². The summed E-state index contributed by atoms with van der Waals surface area (Å²) in [7, 11) is 0. The summed E-state index contributed by atoms with van der Waals surface area (Å²) in [6.45, 7) is 1.81. The molecular weight excluding hydrogens is 389 g/mol. The maximum atomic E-state index is 12.9. The number of anilines is 1. The van der Waals surface area contributed by atoms with Crippen molar-refractivity contribution in [2.75, 3.05) is 5.32 Å². The van der Waals surface area contributed by atoms with Crippen LogP contribution in [0.2, 0.25) is 5.02 Å². The molecule has 1 aromatic carbocycles. The van der Waals surface area contributed by atoms with Crippen molar-refractivity contribution < 1.29 is 22.4 Å². The van der Waals surface area contributed by atoms with Gasteiger partial charge >= 0.3 is 6.18 Å². The van der Waals surface area contributed by atoms with E-state index >= 15 is 0 Å². The predicted octanol–water partition coefficient (Wildman–Crippen LogP) is 5.56. The average Bonchev–Trinajstić information content (AvgIpc) is 3.17. The molecule has 9 heteroatoms. The molecule has 0 aliphatic carbocycles. The Balaban J connectivity index is 1.69. The van der Waals surface area contributed by atoms with Crippen LogP contribution in [0.5, 0.6) is 0 Å². The zero-order valence-electron chi connectivity index (χ0n) is 13.4. The Morgan fingerprint density at radius 3 is 2.73 bits per heavy atom. The van der Waals surface area contributed by atoms with Gasteiger partial charge in [0.2, 0.25) is 5.91 Å². The molecule has 0 saturated carbocycles. The van der Waals surface area contributed by atoms with E-state index in [4.69, 9.17) is 16.0 Å². The molecule has 0 bridgehead atoms. The van der Waals surface area contributed by atoms with E-state index in [-0.39, 0.29) is 12.1 Å². The second kappa shape index (κ2) is 7.13. The Morgan fingerprint density at radius 2 is 2.08 bits per heavy atom. The number of hydrogen-bond acceptors (Lipinski definition) is 4. The van der Waals surface area contributed by atoms with Gasteiger partial charge in [-0.05, 0) is 37.3 Å². The van der Waals surface area contributed by atoms with Crippen molar-refractivity contribution >= 4 is 34.5 Å². The van der Waals surface area contributed by atoms with Crippen LogP contribution in [0.15, 0.2) is 40.1 Å². The average molecular weight is 401 g/mol. The molecule has 3 rings (SSSR count). The van der Waals surface area contributed by atoms with Gasteiger partial charge in [-0.3, -0.25) is 4.79 Å². The largest absolute Gasteiger partial charge is 0.459 e. The van der Waals surface area contributed by atoms with Gasteiger partial charge in [0.1, 0.15) is 5.76 Å². The fourth-order valence-corrected chi connectivity index (χ4v) is 3.24. The van der Waals surface area contributed by atoms with Crippen LogP contribution in [0, 0.1) is 6.92 Å². The van der Waals surface area contributed by atoms with Gasteiger partial charge in [0.25, 0.3) is 0 Å². The number of hydrogen-bond donors (Lipinski definition) is 1. The maximum absolute atomic E-state index is 12.9. The van der Waals surface area contributed by atoms with Crippen LogP contribution in [0.1, 0.15) is 17.0 Å². The zero-order chi connectivity index (χ0) is 18.9. The summed E-state index contributed by atoms with van der Waals surface area (Å²) < 4.78 is 44.1. The van der Waals surface area contributed by atoms with Crippen molar-refractivity contribution in [2.45, 2.75) is 19.5 Å². The predicted molar refractivity (Wildman–Crippen MR) is 93.3 cm³/mol. The first-order valence-electron chi connectivity index (χ1n) is 7.40. The minimum atomic E-state index is -4.59. The van der Waals surface area contributed by atoms with Gasteiger partial charge in [0.05, 0.1) is 22.7 Å². The maximum Gasteiger partial charge on any atom is 0.417 e. The number of carbonyl (C=O) groups excluding carboxylic acids is 1. The molecule has 2 aromatic heterocycles. The minimum absolute atomic E-state index is 0.0174. The third-order valence-electron chi connectivity index (χ3n) is 3.40. The molecule has 0 radical (unpaired) electrons. The summed E-state index contributed by atoms with van der Waals surface area (Å²) >= 11 is 6.88. The van der Waals surface area contributed by atoms with E-state index in [2.05, 4.69) is 10.3 Å². The number of benzene rings is 1. The summed E-state index contributed by atoms with van der Waals surface area (Å²) in [6.07, 6.45) is -4.66. The number of carbonyl (C=O) groups is 1. The summed E-state index contributed by atoms with van der Waals surface area (Å²) in [4.78, 5) is 16.4. The Bertz CT molecular complexity index is 950. The van der Waals surface area contributed by atoms with Crippen LogP contribution < -0.4 is 5.32 Å². The van der Waals surface area contributed by atoms with Gasteiger partial charge in [-0.25, -0.2) is 4.98 Å². The van der Waals surface area contributed by atoms with Gasteiger partial charge < -0.3 is 9.73 Å². The SMILES string of the molecule is Cc1ccc(-c2nc(CC(=O)Nc3ccc(Cl)c(C(F)(F)F)c3)cs2)o1. The lowest BCUT2D eigenvalue weighted by Crippen LogP contribution is -2.15. The Labute approximate surface area is 155 Å². The molecular formula is C17H12ClF3N2O2S. The number of thiazole rings is 1. The van der Waals surface area contributed by atoms with Crippen molar-refractivity contribution in [3.05, 3.63) is 57.8 Å². The van der Waals surface area contributed by atoms with Crippen molar-refractivity contribution in [3.8, 4) is 10.8 Å². The second-order valence-corrected chi connectivity index (χ2v) is 6.74. The fraction of sp³-hybridized carbons (Fsp3) is 0.176. The van der Waals surface area contributed by atoms with Crippen LogP contribution in [0.4, 0.5) is 18.9 Å². The number of nitrogens with one attached hydrogen (secondary N) is 1. The van der Waals surface area contributed by atoms with E-state index in [1.54, 1.807) is 11.4 Å². The highest BCUT2D eigenvalue weighted by molar-refractivity contribution is 7.13. The van der Waals surface area contributed by atoms with E-state index in [0.717, 1.165) is 17.9 Å². The van der Waals surface area contributed by atoms with Crippen molar-refractivity contribution in [1.29, 1.82) is 0 Å². The second-order valence-electron chi connectivity index (χ2n) is 5.47. The molecule has 2 heterocycles. The van der Waals surface area contributed by atoms with Crippen LogP contribution >= 0.6 is 22.9 Å². The summed E-state index contributed by atoms with van der Waals surface area (Å²) in [5, 5.41) is 4.34. The third-order valence-corrected chi connectivity index (χ3v) is 4.64. The third kappa shape index (κ3) is 4.25. The Kier molecular flexibility index (Phi) is 5.06. The molecule has 0 aliphatic heterocycles. The van der Waals surface area contributed by atoms with E-state index in [9.17, 15) is 18.0 Å². The smallest absolute Gasteiger partial charge is 0.417 e. The molecule has 0 atom stereocenters. The number of rotatable bonds is 4. The van der Waals surface area contributed by atoms with Crippen LogP contribution in [0.3, 0.4) is 0 Å². The van der Waals surface area contributed by atoms with Gasteiger partial charge in [0, 0.05) is 11.1 Å². The molecule has 1 N–H and O–H groups in total. The van der Waals surface area contributed by atoms with Crippen molar-refractivity contribution in [3.63, 3.8) is 0 Å². The van der Waals surface area contributed by atoms with E-state index in [0.29, 0.717) is 16.5 Å². The van der Waals surface area contributed by atoms with Gasteiger partial charge in [-0.15, -0.1) is 11.3 Å². The number of halogens is 4. The highest BCUT2D eigenvalue weighted by atomic mass is 35.5. The van der Waals surface area contributed by atoms with Crippen LogP contribution in [-0.4, -0.2) is 10.9 Å². The molecule has 0 unspecified atom stereocenters. The quantitative estimate of drug-likeness (QED) is 0.623. The van der Waals surface area contributed by atoms with Crippen LogP contribution in [0.25, 0.3) is 10.8 Å². The van der Waals surface area contributed by atoms with Crippen molar-refractivity contribution in [2.24, 2.45) is 0 Å². The number of nitrogens with zero attached hydrogens (tertiary/aromatic N) is 1. The van der Waals surface area contributed by atoms with Gasteiger partial charge in [-0.1, -0.05) is 11.6 Å². The van der Waals surface area contributed by atoms with E-state index < -0.39 is 22.7 Å². The first kappa shape index (κ1) is 18.5. The number of aromatic nitrogens is 1. The molecule has 4 nitrogen and oxygen atoms in total. The van der Waals surface area contributed by atoms with Gasteiger partial charge in [-0.2, -0.15) is 13.2 Å². The van der Waals surface area contributed by atoms with Crippen LogP contribution in [-0.2, 0) is 17.4 Å². The summed E-state index contributed by atoms with van der Waals surface area (Å²) in [6, 6.07) is 6.80. The normalized spacial score (nSPS) is 11.6. The highest BCUT2D eigenvalue weighted by Crippen LogP contribution is 2.36. The first-order chi connectivity index (χ1) is 12.2. The lowest BCUT2D eigenvalue weighted by molar-refractivity contribution is -0.137. The lowest BCUT2D eigenvalue weighted by Gasteiger charge is -2.11. The number of aryl methyl sites for hydroxylation is 1. The Morgan fingerprint density at radius 1 is 1.31 bits per heavy atom. The summed E-state index contributed by atoms with van der Waals surface area (Å²) in [5.41, 5.74) is -0.480. The standard InChI is InChI=1S/C17H12ClF3N2O2S/c1-9-2-5-14(25-9)16-23-11(8-26-16)7-15(24)22-10-3-4-13(18)12(6-10)17(19,20)21/h2-6,8H,7H2,1H3,(H,22,24). The first-order valence-corrected chi connectivity index (χ1v) is 8.66. The van der Waals surface area contributed by atoms with Gasteiger partial charge in [0.15, 0.2) is 10.8 Å². The fourth-order valence-electron chi connectivity index (χ4n) is 2.24. The number of alkyl halides is 3. The minimum Gasteiger partial charge on any atom is -0.459 e. The topological polar surface area (TPSA) is 55.1 Å².